The van der Waals surface area contributed by atoms with Crippen molar-refractivity contribution in [2.24, 2.45) is 0 Å². The standard InChI is InChI=1S/C16H13N3O4S2.2C3H8/c1-17-12(20)8-25-16-18-13-11(6-7-24-13)14(21)19(16)10-4-2-9(3-5-10)15(22)23;2*1-3-2/h2-7H,8H2,1H3,(H,17,20)(H,22,23);2*3H2,1-2H3. The smallest absolute Gasteiger partial charge is 0.335 e. The number of carbonyl (C=O) groups is 2. The van der Waals surface area contributed by atoms with Crippen LogP contribution in [0.3, 0.4) is 0 Å². The highest BCUT2D eigenvalue weighted by molar-refractivity contribution is 7.99. The number of hydrogen-bond acceptors (Lipinski definition) is 6. The Labute approximate surface area is 190 Å². The van der Waals surface area contributed by atoms with Crippen molar-refractivity contribution in [1.82, 2.24) is 14.9 Å². The molecule has 2 aromatic heterocycles. The molecule has 9 heteroatoms. The summed E-state index contributed by atoms with van der Waals surface area (Å²) >= 11 is 2.50. The largest absolute Gasteiger partial charge is 0.478 e. The van der Waals surface area contributed by atoms with Gasteiger partial charge in [-0.3, -0.25) is 14.2 Å². The van der Waals surface area contributed by atoms with E-state index in [9.17, 15) is 14.4 Å². The van der Waals surface area contributed by atoms with Gasteiger partial charge in [0.15, 0.2) is 5.16 Å². The molecular weight excluding hydrogens is 434 g/mol. The van der Waals surface area contributed by atoms with Crippen LogP contribution in [0.4, 0.5) is 0 Å². The number of aromatic carboxylic acids is 1. The monoisotopic (exact) mass is 463 g/mol. The lowest BCUT2D eigenvalue weighted by atomic mass is 10.2. The first-order valence-electron chi connectivity index (χ1n) is 10.0. The number of thioether (sulfide) groups is 1. The maximum absolute atomic E-state index is 12.8. The Kier molecular flexibility index (Phi) is 11.6. The SMILES string of the molecule is CCC.CCC.CNC(=O)CSc1nc2sccc2c(=O)n1-c1ccc(C(=O)O)cc1. The molecule has 1 amide bonds. The van der Waals surface area contributed by atoms with Crippen LogP contribution in [0.2, 0.25) is 0 Å². The second-order valence-corrected chi connectivity index (χ2v) is 8.24. The van der Waals surface area contributed by atoms with Gasteiger partial charge in [-0.2, -0.15) is 0 Å². The summed E-state index contributed by atoms with van der Waals surface area (Å²) in [6.45, 7) is 8.50. The molecular formula is C22H29N3O4S2. The predicted octanol–water partition coefficient (Wildman–Crippen LogP) is 4.82. The van der Waals surface area contributed by atoms with Gasteiger partial charge in [0.2, 0.25) is 5.91 Å². The van der Waals surface area contributed by atoms with Crippen LogP contribution in [0, 0.1) is 0 Å². The van der Waals surface area contributed by atoms with E-state index in [4.69, 9.17) is 5.11 Å². The number of aromatic nitrogens is 2. The molecule has 0 saturated heterocycles. The molecule has 31 heavy (non-hydrogen) atoms. The number of thiophene rings is 1. The summed E-state index contributed by atoms with van der Waals surface area (Å²) in [5.41, 5.74) is 0.365. The van der Waals surface area contributed by atoms with Crippen LogP contribution < -0.4 is 10.9 Å². The van der Waals surface area contributed by atoms with Gasteiger partial charge in [-0.05, 0) is 35.7 Å². The zero-order chi connectivity index (χ0) is 23.4. The topological polar surface area (TPSA) is 101 Å². The molecule has 0 spiro atoms. The normalized spacial score (nSPS) is 9.84. The molecule has 1 aromatic carbocycles. The fraction of sp³-hybridized carbons (Fsp3) is 0.364. The van der Waals surface area contributed by atoms with Crippen LogP contribution in [-0.4, -0.2) is 39.3 Å². The van der Waals surface area contributed by atoms with Crippen LogP contribution in [0.5, 0.6) is 0 Å². The molecule has 3 rings (SSSR count). The number of fused-ring (bicyclic) bond motifs is 1. The van der Waals surface area contributed by atoms with Gasteiger partial charge < -0.3 is 10.4 Å². The van der Waals surface area contributed by atoms with E-state index < -0.39 is 5.97 Å². The van der Waals surface area contributed by atoms with Gasteiger partial charge in [0.05, 0.1) is 22.4 Å². The molecule has 0 unspecified atom stereocenters. The second-order valence-electron chi connectivity index (χ2n) is 6.40. The fourth-order valence-electron chi connectivity index (χ4n) is 2.17. The number of amides is 1. The summed E-state index contributed by atoms with van der Waals surface area (Å²) in [5, 5.41) is 14.2. The number of rotatable bonds is 5. The Hall–Kier alpha value is -2.65. The minimum atomic E-state index is -1.04. The van der Waals surface area contributed by atoms with Crippen molar-refractivity contribution in [3.05, 3.63) is 51.6 Å². The van der Waals surface area contributed by atoms with Crippen LogP contribution in [0.15, 0.2) is 45.7 Å². The predicted molar refractivity (Wildman–Crippen MR) is 129 cm³/mol. The van der Waals surface area contributed by atoms with E-state index in [0.29, 0.717) is 21.1 Å². The summed E-state index contributed by atoms with van der Waals surface area (Å²) < 4.78 is 1.40. The first kappa shape index (κ1) is 26.4. The van der Waals surface area contributed by atoms with Crippen LogP contribution in [0.25, 0.3) is 15.9 Å². The highest BCUT2D eigenvalue weighted by atomic mass is 32.2. The van der Waals surface area contributed by atoms with Gasteiger partial charge in [-0.15, -0.1) is 11.3 Å². The molecule has 168 valence electrons. The molecule has 0 saturated carbocycles. The van der Waals surface area contributed by atoms with Crippen LogP contribution in [0.1, 0.15) is 50.9 Å². The molecule has 0 atom stereocenters. The highest BCUT2D eigenvalue weighted by Gasteiger charge is 2.15. The zero-order valence-corrected chi connectivity index (χ0v) is 20.1. The third-order valence-electron chi connectivity index (χ3n) is 3.45. The quantitative estimate of drug-likeness (QED) is 0.416. The third kappa shape index (κ3) is 7.52. The molecule has 0 aliphatic heterocycles. The van der Waals surface area contributed by atoms with Crippen molar-refractivity contribution in [3.63, 3.8) is 0 Å². The molecule has 3 aromatic rings. The van der Waals surface area contributed by atoms with Crippen molar-refractivity contribution in [1.29, 1.82) is 0 Å². The molecule has 2 N–H and O–H groups in total. The van der Waals surface area contributed by atoms with Crippen LogP contribution in [-0.2, 0) is 4.79 Å². The molecule has 2 heterocycles. The summed E-state index contributed by atoms with van der Waals surface area (Å²) in [7, 11) is 1.54. The second kappa shape index (κ2) is 13.6. The Morgan fingerprint density at radius 1 is 1.10 bits per heavy atom. The van der Waals surface area contributed by atoms with Crippen molar-refractivity contribution in [2.75, 3.05) is 12.8 Å². The van der Waals surface area contributed by atoms with E-state index in [1.165, 1.54) is 47.9 Å². The van der Waals surface area contributed by atoms with Gasteiger partial charge in [0.25, 0.3) is 5.56 Å². The average molecular weight is 464 g/mol. The zero-order valence-electron chi connectivity index (χ0n) is 18.5. The Morgan fingerprint density at radius 2 is 1.68 bits per heavy atom. The number of nitrogens with one attached hydrogen (secondary N) is 1. The van der Waals surface area contributed by atoms with Crippen molar-refractivity contribution >= 4 is 45.2 Å². The minimum absolute atomic E-state index is 0.118. The number of carboxylic acid groups (broad SMARTS) is 1. The summed E-state index contributed by atoms with van der Waals surface area (Å²) in [6.07, 6.45) is 2.50. The Bertz CT molecular complexity index is 1040. The molecule has 0 aliphatic carbocycles. The average Bonchev–Trinajstić information content (AvgIpc) is 3.22. The number of hydrogen-bond donors (Lipinski definition) is 2. The van der Waals surface area contributed by atoms with Gasteiger partial charge in [0, 0.05) is 7.05 Å². The number of carboxylic acids is 1. The lowest BCUT2D eigenvalue weighted by Gasteiger charge is -2.12. The van der Waals surface area contributed by atoms with E-state index in [2.05, 4.69) is 38.0 Å². The van der Waals surface area contributed by atoms with Crippen LogP contribution >= 0.6 is 23.1 Å². The number of carbonyl (C=O) groups excluding carboxylic acids is 1. The maximum atomic E-state index is 12.8. The van der Waals surface area contributed by atoms with Gasteiger partial charge >= 0.3 is 5.97 Å². The van der Waals surface area contributed by atoms with E-state index in [1.807, 2.05) is 0 Å². The summed E-state index contributed by atoms with van der Waals surface area (Å²) in [5.74, 6) is -1.11. The number of benzene rings is 1. The van der Waals surface area contributed by atoms with Gasteiger partial charge in [0.1, 0.15) is 4.83 Å². The van der Waals surface area contributed by atoms with Crippen molar-refractivity contribution in [3.8, 4) is 5.69 Å². The van der Waals surface area contributed by atoms with Crippen molar-refractivity contribution < 1.29 is 14.7 Å². The third-order valence-corrected chi connectivity index (χ3v) is 5.20. The van der Waals surface area contributed by atoms with E-state index >= 15 is 0 Å². The Morgan fingerprint density at radius 3 is 2.19 bits per heavy atom. The van der Waals surface area contributed by atoms with E-state index in [-0.39, 0.29) is 22.8 Å². The number of nitrogens with zero attached hydrogens (tertiary/aromatic N) is 2. The minimum Gasteiger partial charge on any atom is -0.478 e. The van der Waals surface area contributed by atoms with Gasteiger partial charge in [-0.25, -0.2) is 9.78 Å². The Balaban J connectivity index is 0.000000720. The van der Waals surface area contributed by atoms with E-state index in [1.54, 1.807) is 23.6 Å². The molecule has 0 fully saturated rings. The highest BCUT2D eigenvalue weighted by Crippen LogP contribution is 2.23. The summed E-state index contributed by atoms with van der Waals surface area (Å²) in [4.78, 5) is 40.5. The van der Waals surface area contributed by atoms with Gasteiger partial charge in [-0.1, -0.05) is 52.3 Å². The molecule has 7 nitrogen and oxygen atoms in total. The maximum Gasteiger partial charge on any atom is 0.335 e. The fourth-order valence-corrected chi connectivity index (χ4v) is 3.86. The molecule has 0 radical (unpaired) electrons. The lowest BCUT2D eigenvalue weighted by Crippen LogP contribution is -2.23. The molecule has 0 bridgehead atoms. The van der Waals surface area contributed by atoms with E-state index in [0.717, 1.165) is 11.8 Å². The van der Waals surface area contributed by atoms with Crippen molar-refractivity contribution in [2.45, 2.75) is 45.7 Å². The first-order valence-corrected chi connectivity index (χ1v) is 11.9. The first-order chi connectivity index (χ1) is 14.8. The lowest BCUT2D eigenvalue weighted by molar-refractivity contribution is -0.118. The summed E-state index contributed by atoms with van der Waals surface area (Å²) in [6, 6.07) is 7.65. The molecule has 0 aliphatic rings.